The number of hydrogen-bond donors (Lipinski definition) is 2. The Hall–Kier alpha value is -0.640. The van der Waals surface area contributed by atoms with Crippen LogP contribution in [0.5, 0.6) is 0 Å². The highest BCUT2D eigenvalue weighted by Gasteiger charge is 2.21. The molecule has 1 rings (SSSR count). The Bertz CT molecular complexity index is 341. The maximum absolute atomic E-state index is 12.9. The first-order valence-corrected chi connectivity index (χ1v) is 5.19. The van der Waals surface area contributed by atoms with Crippen LogP contribution in [0.25, 0.3) is 0 Å². The van der Waals surface area contributed by atoms with Crippen molar-refractivity contribution in [3.63, 3.8) is 0 Å². The molecule has 0 spiro atoms. The van der Waals surface area contributed by atoms with Gasteiger partial charge in [-0.15, -0.1) is 0 Å². The Balaban J connectivity index is 2.83. The molecular weight excluding hydrogens is 217 g/mol. The third-order valence-electron chi connectivity index (χ3n) is 2.26. The van der Waals surface area contributed by atoms with Crippen molar-refractivity contribution in [1.82, 2.24) is 0 Å². The van der Waals surface area contributed by atoms with Gasteiger partial charge in [-0.25, -0.2) is 4.39 Å². The van der Waals surface area contributed by atoms with Gasteiger partial charge in [0.15, 0.2) is 0 Å². The molecule has 1 aromatic rings. The molecule has 0 saturated heterocycles. The summed E-state index contributed by atoms with van der Waals surface area (Å²) >= 11 is 5.89. The molecule has 0 aliphatic heterocycles. The van der Waals surface area contributed by atoms with Gasteiger partial charge in [0.1, 0.15) is 5.82 Å². The second kappa shape index (κ2) is 4.92. The topological polar surface area (TPSA) is 46.2 Å². The highest BCUT2D eigenvalue weighted by Crippen LogP contribution is 2.23. The monoisotopic (exact) mass is 231 g/mol. The second-order valence-corrected chi connectivity index (χ2v) is 4.36. The van der Waals surface area contributed by atoms with E-state index in [1.807, 2.05) is 0 Å². The van der Waals surface area contributed by atoms with Crippen molar-refractivity contribution in [2.24, 2.45) is 5.73 Å². The van der Waals surface area contributed by atoms with Crippen LogP contribution >= 0.6 is 11.6 Å². The standard InChI is InChI=1S/C11H15ClFNO/c1-11(15,4-5-14)7-8-6-9(13)2-3-10(8)12/h2-3,6,15H,4-5,7,14H2,1H3. The van der Waals surface area contributed by atoms with Crippen LogP contribution in [-0.2, 0) is 6.42 Å². The van der Waals surface area contributed by atoms with Crippen molar-refractivity contribution in [2.75, 3.05) is 6.54 Å². The SMILES string of the molecule is CC(O)(CCN)Cc1cc(F)ccc1Cl. The Morgan fingerprint density at radius 3 is 2.80 bits per heavy atom. The lowest BCUT2D eigenvalue weighted by molar-refractivity contribution is 0.0538. The molecule has 84 valence electrons. The van der Waals surface area contributed by atoms with Gasteiger partial charge in [0, 0.05) is 11.4 Å². The lowest BCUT2D eigenvalue weighted by Crippen LogP contribution is -2.30. The van der Waals surface area contributed by atoms with Crippen LogP contribution in [-0.4, -0.2) is 17.3 Å². The zero-order chi connectivity index (χ0) is 11.5. The summed E-state index contributed by atoms with van der Waals surface area (Å²) in [5.74, 6) is -0.349. The number of nitrogens with two attached hydrogens (primary N) is 1. The first-order chi connectivity index (χ1) is 6.94. The predicted octanol–water partition coefficient (Wildman–Crippen LogP) is 2.12. The van der Waals surface area contributed by atoms with Gasteiger partial charge in [0.05, 0.1) is 5.60 Å². The largest absolute Gasteiger partial charge is 0.390 e. The van der Waals surface area contributed by atoms with Crippen molar-refractivity contribution in [3.05, 3.63) is 34.6 Å². The molecule has 0 radical (unpaired) electrons. The van der Waals surface area contributed by atoms with Crippen molar-refractivity contribution >= 4 is 11.6 Å². The summed E-state index contributed by atoms with van der Waals surface area (Å²) in [7, 11) is 0. The van der Waals surface area contributed by atoms with Crippen LogP contribution < -0.4 is 5.73 Å². The summed E-state index contributed by atoms with van der Waals surface area (Å²) < 4.78 is 12.9. The van der Waals surface area contributed by atoms with Crippen LogP contribution in [0.3, 0.4) is 0 Å². The molecule has 0 heterocycles. The molecule has 3 N–H and O–H groups in total. The molecule has 4 heteroatoms. The van der Waals surface area contributed by atoms with Crippen LogP contribution in [0.4, 0.5) is 4.39 Å². The highest BCUT2D eigenvalue weighted by atomic mass is 35.5. The van der Waals surface area contributed by atoms with Crippen LogP contribution in [0.15, 0.2) is 18.2 Å². The Kier molecular flexibility index (Phi) is 4.08. The Morgan fingerprint density at radius 1 is 1.53 bits per heavy atom. The average molecular weight is 232 g/mol. The van der Waals surface area contributed by atoms with E-state index in [4.69, 9.17) is 17.3 Å². The Morgan fingerprint density at radius 2 is 2.20 bits per heavy atom. The number of halogens is 2. The van der Waals surface area contributed by atoms with Gasteiger partial charge in [-0.1, -0.05) is 11.6 Å². The van der Waals surface area contributed by atoms with E-state index < -0.39 is 5.60 Å². The summed E-state index contributed by atoms with van der Waals surface area (Å²) in [5, 5.41) is 10.4. The molecule has 0 amide bonds. The molecule has 1 unspecified atom stereocenters. The van der Waals surface area contributed by atoms with E-state index in [9.17, 15) is 9.50 Å². The van der Waals surface area contributed by atoms with Gasteiger partial charge < -0.3 is 10.8 Å². The first kappa shape index (κ1) is 12.4. The molecule has 0 saturated carbocycles. The van der Waals surface area contributed by atoms with Gasteiger partial charge in [0.25, 0.3) is 0 Å². The fraction of sp³-hybridized carbons (Fsp3) is 0.455. The second-order valence-electron chi connectivity index (χ2n) is 3.95. The number of rotatable bonds is 4. The molecule has 1 atom stereocenters. The number of benzene rings is 1. The van der Waals surface area contributed by atoms with Gasteiger partial charge in [0.2, 0.25) is 0 Å². The van der Waals surface area contributed by atoms with Crippen LogP contribution in [0, 0.1) is 5.82 Å². The van der Waals surface area contributed by atoms with Gasteiger partial charge in [-0.3, -0.25) is 0 Å². The summed E-state index contributed by atoms with van der Waals surface area (Å²) in [6.45, 7) is 2.06. The first-order valence-electron chi connectivity index (χ1n) is 4.81. The van der Waals surface area contributed by atoms with Crippen molar-refractivity contribution in [2.45, 2.75) is 25.4 Å². The molecule has 2 nitrogen and oxygen atoms in total. The summed E-state index contributed by atoms with van der Waals surface area (Å²) in [6, 6.07) is 4.13. The van der Waals surface area contributed by atoms with E-state index in [-0.39, 0.29) is 5.82 Å². The van der Waals surface area contributed by atoms with Gasteiger partial charge >= 0.3 is 0 Å². The van der Waals surface area contributed by atoms with Crippen LogP contribution in [0.2, 0.25) is 5.02 Å². The molecule has 0 bridgehead atoms. The molecule has 0 aromatic heterocycles. The van der Waals surface area contributed by atoms with E-state index in [2.05, 4.69) is 0 Å². The third kappa shape index (κ3) is 3.78. The Labute approximate surface area is 93.9 Å². The van der Waals surface area contributed by atoms with Crippen molar-refractivity contribution < 1.29 is 9.50 Å². The lowest BCUT2D eigenvalue weighted by Gasteiger charge is -2.23. The summed E-state index contributed by atoms with van der Waals surface area (Å²) in [6.07, 6.45) is 0.765. The zero-order valence-electron chi connectivity index (χ0n) is 8.63. The predicted molar refractivity (Wildman–Crippen MR) is 59.4 cm³/mol. The van der Waals surface area contributed by atoms with E-state index in [0.29, 0.717) is 30.0 Å². The van der Waals surface area contributed by atoms with E-state index in [1.165, 1.54) is 18.2 Å². The molecule has 0 fully saturated rings. The molecule has 0 aliphatic carbocycles. The number of hydrogen-bond acceptors (Lipinski definition) is 2. The molecular formula is C11H15ClFNO. The van der Waals surface area contributed by atoms with E-state index in [1.54, 1.807) is 6.92 Å². The zero-order valence-corrected chi connectivity index (χ0v) is 9.39. The summed E-state index contributed by atoms with van der Waals surface area (Å²) in [5.41, 5.74) is 5.04. The average Bonchev–Trinajstić information content (AvgIpc) is 2.10. The van der Waals surface area contributed by atoms with Crippen molar-refractivity contribution in [3.8, 4) is 0 Å². The van der Waals surface area contributed by atoms with Gasteiger partial charge in [-0.05, 0) is 43.7 Å². The van der Waals surface area contributed by atoms with E-state index >= 15 is 0 Å². The third-order valence-corrected chi connectivity index (χ3v) is 2.63. The minimum atomic E-state index is -0.938. The summed E-state index contributed by atoms with van der Waals surface area (Å²) in [4.78, 5) is 0. The normalized spacial score (nSPS) is 15.0. The minimum absolute atomic E-state index is 0.306. The maximum Gasteiger partial charge on any atom is 0.123 e. The smallest absolute Gasteiger partial charge is 0.123 e. The lowest BCUT2D eigenvalue weighted by atomic mass is 9.93. The highest BCUT2D eigenvalue weighted by molar-refractivity contribution is 6.31. The van der Waals surface area contributed by atoms with Gasteiger partial charge in [-0.2, -0.15) is 0 Å². The molecule has 0 aliphatic rings. The molecule has 1 aromatic carbocycles. The maximum atomic E-state index is 12.9. The quantitative estimate of drug-likeness (QED) is 0.834. The van der Waals surface area contributed by atoms with Crippen LogP contribution in [0.1, 0.15) is 18.9 Å². The fourth-order valence-electron chi connectivity index (χ4n) is 1.49. The molecule has 15 heavy (non-hydrogen) atoms. The van der Waals surface area contributed by atoms with Crippen molar-refractivity contribution in [1.29, 1.82) is 0 Å². The van der Waals surface area contributed by atoms with E-state index in [0.717, 1.165) is 0 Å². The number of aliphatic hydroxyl groups is 1. The minimum Gasteiger partial charge on any atom is -0.390 e. The fourth-order valence-corrected chi connectivity index (χ4v) is 1.67.